The Hall–Kier alpha value is -1.82. The first-order valence-corrected chi connectivity index (χ1v) is 7.08. The summed E-state index contributed by atoms with van der Waals surface area (Å²) >= 11 is 5.99. The maximum absolute atomic E-state index is 11.9. The van der Waals surface area contributed by atoms with Crippen molar-refractivity contribution in [3.8, 4) is 0 Å². The monoisotopic (exact) mass is 293 g/mol. The first-order valence-electron chi connectivity index (χ1n) is 6.71. The van der Waals surface area contributed by atoms with Gasteiger partial charge in [0.15, 0.2) is 5.82 Å². The number of rotatable bonds is 3. The number of carbonyl (C=O) groups excluding carboxylic acids is 1. The molecule has 2 amide bonds. The standard InChI is InChI=1S/C13H16ClN5O/c1-3-8(2)19-10-6-11(14)16-7-9(10)12(17-19)18-5-4-15-13(18)20/h6-8H,3-5H2,1-2H3,(H,15,20). The van der Waals surface area contributed by atoms with Crippen LogP contribution in [0.5, 0.6) is 0 Å². The fourth-order valence-corrected chi connectivity index (χ4v) is 2.53. The van der Waals surface area contributed by atoms with E-state index in [0.717, 1.165) is 17.3 Å². The molecule has 106 valence electrons. The number of carbonyl (C=O) groups is 1. The van der Waals surface area contributed by atoms with Crippen molar-refractivity contribution in [1.82, 2.24) is 20.1 Å². The second-order valence-electron chi connectivity index (χ2n) is 4.93. The lowest BCUT2D eigenvalue weighted by atomic mass is 10.2. The van der Waals surface area contributed by atoms with Crippen LogP contribution in [0.1, 0.15) is 26.3 Å². The van der Waals surface area contributed by atoms with Crippen molar-refractivity contribution >= 4 is 34.4 Å². The molecule has 2 aromatic heterocycles. The van der Waals surface area contributed by atoms with Gasteiger partial charge in [0, 0.05) is 31.4 Å². The van der Waals surface area contributed by atoms with Crippen molar-refractivity contribution in [2.24, 2.45) is 0 Å². The minimum Gasteiger partial charge on any atom is -0.336 e. The summed E-state index contributed by atoms with van der Waals surface area (Å²) in [6, 6.07) is 1.92. The Balaban J connectivity index is 2.20. The van der Waals surface area contributed by atoms with Gasteiger partial charge in [-0.25, -0.2) is 9.78 Å². The van der Waals surface area contributed by atoms with E-state index < -0.39 is 0 Å². The molecule has 0 radical (unpaired) electrons. The Morgan fingerprint density at radius 1 is 1.55 bits per heavy atom. The Bertz CT molecular complexity index is 668. The Kier molecular flexibility index (Phi) is 3.25. The fourth-order valence-electron chi connectivity index (χ4n) is 2.37. The minimum atomic E-state index is -0.115. The number of urea groups is 1. The Morgan fingerprint density at radius 2 is 2.35 bits per heavy atom. The number of halogens is 1. The molecule has 0 spiro atoms. The van der Waals surface area contributed by atoms with Gasteiger partial charge in [0.05, 0.1) is 10.9 Å². The van der Waals surface area contributed by atoms with E-state index >= 15 is 0 Å². The highest BCUT2D eigenvalue weighted by atomic mass is 35.5. The van der Waals surface area contributed by atoms with Crippen LogP contribution in [-0.2, 0) is 0 Å². The zero-order chi connectivity index (χ0) is 14.3. The zero-order valence-corrected chi connectivity index (χ0v) is 12.2. The van der Waals surface area contributed by atoms with Gasteiger partial charge in [-0.15, -0.1) is 0 Å². The minimum absolute atomic E-state index is 0.115. The van der Waals surface area contributed by atoms with Crippen LogP contribution in [0.25, 0.3) is 10.9 Å². The van der Waals surface area contributed by atoms with Gasteiger partial charge in [-0.2, -0.15) is 5.10 Å². The molecule has 1 unspecified atom stereocenters. The number of nitrogens with zero attached hydrogens (tertiary/aromatic N) is 4. The van der Waals surface area contributed by atoms with Crippen molar-refractivity contribution in [2.75, 3.05) is 18.0 Å². The van der Waals surface area contributed by atoms with Crippen LogP contribution in [0.4, 0.5) is 10.6 Å². The van der Waals surface area contributed by atoms with E-state index in [0.29, 0.717) is 24.1 Å². The van der Waals surface area contributed by atoms with Crippen LogP contribution in [0.15, 0.2) is 12.3 Å². The molecule has 20 heavy (non-hydrogen) atoms. The first-order chi connectivity index (χ1) is 9.61. The summed E-state index contributed by atoms with van der Waals surface area (Å²) in [5.41, 5.74) is 0.911. The number of pyridine rings is 1. The van der Waals surface area contributed by atoms with E-state index in [-0.39, 0.29) is 12.1 Å². The van der Waals surface area contributed by atoms with Gasteiger partial charge in [-0.1, -0.05) is 18.5 Å². The maximum Gasteiger partial charge on any atom is 0.323 e. The van der Waals surface area contributed by atoms with Crippen molar-refractivity contribution in [3.05, 3.63) is 17.4 Å². The van der Waals surface area contributed by atoms with Crippen LogP contribution >= 0.6 is 11.6 Å². The van der Waals surface area contributed by atoms with Gasteiger partial charge >= 0.3 is 6.03 Å². The SMILES string of the molecule is CCC(C)n1nc(N2CCNC2=O)c2cnc(Cl)cc21. The van der Waals surface area contributed by atoms with Crippen LogP contribution in [-0.4, -0.2) is 33.9 Å². The van der Waals surface area contributed by atoms with Gasteiger partial charge in [-0.05, 0) is 13.3 Å². The van der Waals surface area contributed by atoms with E-state index in [2.05, 4.69) is 29.2 Å². The molecule has 1 aliphatic rings. The Labute approximate surface area is 121 Å². The molecule has 3 heterocycles. The summed E-state index contributed by atoms with van der Waals surface area (Å²) in [6.45, 7) is 5.45. The molecule has 1 aliphatic heterocycles. The third-order valence-electron chi connectivity index (χ3n) is 3.66. The summed E-state index contributed by atoms with van der Waals surface area (Å²) in [6.07, 6.45) is 2.63. The van der Waals surface area contributed by atoms with E-state index in [1.165, 1.54) is 0 Å². The van der Waals surface area contributed by atoms with Crippen LogP contribution in [0.2, 0.25) is 5.15 Å². The molecule has 0 aromatic carbocycles. The summed E-state index contributed by atoms with van der Waals surface area (Å²) in [4.78, 5) is 17.6. The van der Waals surface area contributed by atoms with Crippen LogP contribution in [0, 0.1) is 0 Å². The van der Waals surface area contributed by atoms with Gasteiger partial charge < -0.3 is 5.32 Å². The lowest BCUT2D eigenvalue weighted by Crippen LogP contribution is -2.28. The third-order valence-corrected chi connectivity index (χ3v) is 3.87. The lowest BCUT2D eigenvalue weighted by Gasteiger charge is -2.12. The summed E-state index contributed by atoms with van der Waals surface area (Å²) in [5.74, 6) is 0.652. The number of hydrogen-bond acceptors (Lipinski definition) is 3. The van der Waals surface area contributed by atoms with E-state index in [1.807, 2.05) is 4.68 Å². The fraction of sp³-hybridized carbons (Fsp3) is 0.462. The molecule has 1 saturated heterocycles. The number of anilines is 1. The topological polar surface area (TPSA) is 63.1 Å². The highest BCUT2D eigenvalue weighted by Gasteiger charge is 2.27. The van der Waals surface area contributed by atoms with Crippen LogP contribution < -0.4 is 10.2 Å². The normalized spacial score (nSPS) is 16.8. The molecule has 0 bridgehead atoms. The molecule has 7 heteroatoms. The second-order valence-corrected chi connectivity index (χ2v) is 5.32. The van der Waals surface area contributed by atoms with E-state index in [4.69, 9.17) is 11.6 Å². The van der Waals surface area contributed by atoms with E-state index in [1.54, 1.807) is 17.2 Å². The molecule has 1 fully saturated rings. The molecule has 0 saturated carbocycles. The van der Waals surface area contributed by atoms with Gasteiger partial charge in [0.1, 0.15) is 5.15 Å². The highest BCUT2D eigenvalue weighted by Crippen LogP contribution is 2.30. The summed E-state index contributed by atoms with van der Waals surface area (Å²) < 4.78 is 1.92. The number of aromatic nitrogens is 3. The van der Waals surface area contributed by atoms with Crippen molar-refractivity contribution in [1.29, 1.82) is 0 Å². The van der Waals surface area contributed by atoms with Crippen molar-refractivity contribution in [3.63, 3.8) is 0 Å². The average molecular weight is 294 g/mol. The highest BCUT2D eigenvalue weighted by molar-refractivity contribution is 6.30. The van der Waals surface area contributed by atoms with Gasteiger partial charge in [-0.3, -0.25) is 9.58 Å². The molecule has 3 rings (SSSR count). The first kappa shape index (κ1) is 13.2. The zero-order valence-electron chi connectivity index (χ0n) is 11.4. The quantitative estimate of drug-likeness (QED) is 0.885. The predicted octanol–water partition coefficient (Wildman–Crippen LogP) is 2.59. The smallest absolute Gasteiger partial charge is 0.323 e. The molecule has 0 aliphatic carbocycles. The third kappa shape index (κ3) is 2.00. The van der Waals surface area contributed by atoms with Crippen molar-refractivity contribution < 1.29 is 4.79 Å². The number of fused-ring (bicyclic) bond motifs is 1. The molecule has 1 N–H and O–H groups in total. The Morgan fingerprint density at radius 3 is 3.00 bits per heavy atom. The molecular formula is C13H16ClN5O. The number of hydrogen-bond donors (Lipinski definition) is 1. The number of nitrogens with one attached hydrogen (secondary N) is 1. The van der Waals surface area contributed by atoms with Crippen molar-refractivity contribution in [2.45, 2.75) is 26.3 Å². The van der Waals surface area contributed by atoms with Crippen LogP contribution in [0.3, 0.4) is 0 Å². The molecule has 1 atom stereocenters. The second kappa shape index (κ2) is 4.94. The summed E-state index contributed by atoms with van der Waals surface area (Å²) in [7, 11) is 0. The van der Waals surface area contributed by atoms with E-state index in [9.17, 15) is 4.79 Å². The maximum atomic E-state index is 11.9. The average Bonchev–Trinajstić information content (AvgIpc) is 3.01. The van der Waals surface area contributed by atoms with Gasteiger partial charge in [0.25, 0.3) is 0 Å². The largest absolute Gasteiger partial charge is 0.336 e. The number of amides is 2. The molecular weight excluding hydrogens is 278 g/mol. The predicted molar refractivity (Wildman–Crippen MR) is 78.3 cm³/mol. The molecule has 6 nitrogen and oxygen atoms in total. The lowest BCUT2D eigenvalue weighted by molar-refractivity contribution is 0.252. The molecule has 2 aromatic rings. The van der Waals surface area contributed by atoms with Gasteiger partial charge in [0.2, 0.25) is 0 Å². The summed E-state index contributed by atoms with van der Waals surface area (Å²) in [5, 5.41) is 8.69.